The van der Waals surface area contributed by atoms with Crippen LogP contribution in [0.1, 0.15) is 49.7 Å². The first-order valence-corrected chi connectivity index (χ1v) is 6.84. The zero-order valence-electron chi connectivity index (χ0n) is 11.1. The molecule has 1 aliphatic rings. The van der Waals surface area contributed by atoms with Crippen LogP contribution in [0.15, 0.2) is 24.3 Å². The Kier molecular flexibility index (Phi) is 4.21. The van der Waals surface area contributed by atoms with E-state index in [0.717, 1.165) is 36.8 Å². The molecule has 3 heteroatoms. The molecular weight excluding hydrogens is 238 g/mol. The van der Waals surface area contributed by atoms with Crippen molar-refractivity contribution in [1.82, 2.24) is 0 Å². The van der Waals surface area contributed by atoms with E-state index in [1.807, 2.05) is 24.3 Å². The third-order valence-electron chi connectivity index (χ3n) is 4.15. The molecule has 0 aromatic heterocycles. The molecule has 3 nitrogen and oxygen atoms in total. The van der Waals surface area contributed by atoms with Gasteiger partial charge in [0.15, 0.2) is 0 Å². The average Bonchev–Trinajstić information content (AvgIpc) is 2.40. The van der Waals surface area contributed by atoms with Gasteiger partial charge in [-0.2, -0.15) is 5.26 Å². The maximum absolute atomic E-state index is 11.2. The lowest BCUT2D eigenvalue weighted by Gasteiger charge is -2.36. The van der Waals surface area contributed by atoms with Crippen molar-refractivity contribution in [3.63, 3.8) is 0 Å². The number of benzene rings is 1. The largest absolute Gasteiger partial charge is 0.481 e. The van der Waals surface area contributed by atoms with Gasteiger partial charge >= 0.3 is 5.97 Å². The van der Waals surface area contributed by atoms with Crippen molar-refractivity contribution < 1.29 is 9.90 Å². The first kappa shape index (κ1) is 13.6. The smallest absolute Gasteiger partial charge is 0.304 e. The molecule has 0 unspecified atom stereocenters. The van der Waals surface area contributed by atoms with Crippen LogP contribution in [0, 0.1) is 11.3 Å². The zero-order valence-corrected chi connectivity index (χ0v) is 11.1. The highest BCUT2D eigenvalue weighted by Crippen LogP contribution is 2.42. The molecule has 0 heterocycles. The van der Waals surface area contributed by atoms with Gasteiger partial charge in [0.05, 0.1) is 18.9 Å². The summed E-state index contributed by atoms with van der Waals surface area (Å²) in [4.78, 5) is 11.2. The van der Waals surface area contributed by atoms with Crippen molar-refractivity contribution >= 4 is 5.97 Å². The number of nitrogens with zero attached hydrogens (tertiary/aromatic N) is 1. The van der Waals surface area contributed by atoms with Gasteiger partial charge in [0, 0.05) is 5.41 Å². The van der Waals surface area contributed by atoms with Crippen LogP contribution >= 0.6 is 0 Å². The van der Waals surface area contributed by atoms with Gasteiger partial charge in [-0.05, 0) is 24.0 Å². The van der Waals surface area contributed by atoms with Crippen LogP contribution in [0.3, 0.4) is 0 Å². The molecule has 0 atom stereocenters. The SMILES string of the molecule is N#CCc1ccc(C2(CC(=O)O)CCCCC2)cc1. The summed E-state index contributed by atoms with van der Waals surface area (Å²) in [5.41, 5.74) is 1.92. The Morgan fingerprint density at radius 2 is 1.84 bits per heavy atom. The van der Waals surface area contributed by atoms with E-state index in [4.69, 9.17) is 5.26 Å². The van der Waals surface area contributed by atoms with Crippen LogP contribution in [-0.4, -0.2) is 11.1 Å². The minimum atomic E-state index is -0.719. The van der Waals surface area contributed by atoms with E-state index in [1.165, 1.54) is 6.42 Å². The topological polar surface area (TPSA) is 61.1 Å². The van der Waals surface area contributed by atoms with Gasteiger partial charge in [0.1, 0.15) is 0 Å². The van der Waals surface area contributed by atoms with E-state index in [1.54, 1.807) is 0 Å². The van der Waals surface area contributed by atoms with Crippen molar-refractivity contribution in [3.05, 3.63) is 35.4 Å². The summed E-state index contributed by atoms with van der Waals surface area (Å²) in [6, 6.07) is 10.1. The fourth-order valence-corrected chi connectivity index (χ4v) is 3.15. The van der Waals surface area contributed by atoms with Crippen LogP contribution in [0.4, 0.5) is 0 Å². The molecule has 1 fully saturated rings. The Labute approximate surface area is 113 Å². The molecule has 19 heavy (non-hydrogen) atoms. The highest BCUT2D eigenvalue weighted by Gasteiger charge is 2.35. The molecule has 1 N–H and O–H groups in total. The molecule has 2 rings (SSSR count). The summed E-state index contributed by atoms with van der Waals surface area (Å²) < 4.78 is 0. The van der Waals surface area contributed by atoms with Gasteiger partial charge in [-0.1, -0.05) is 43.5 Å². The highest BCUT2D eigenvalue weighted by atomic mass is 16.4. The molecule has 1 aromatic carbocycles. The van der Waals surface area contributed by atoms with Gasteiger partial charge < -0.3 is 5.11 Å². The zero-order chi connectivity index (χ0) is 13.7. The maximum Gasteiger partial charge on any atom is 0.304 e. The van der Waals surface area contributed by atoms with Crippen LogP contribution in [-0.2, 0) is 16.6 Å². The van der Waals surface area contributed by atoms with E-state index >= 15 is 0 Å². The van der Waals surface area contributed by atoms with Gasteiger partial charge in [-0.25, -0.2) is 0 Å². The molecule has 0 amide bonds. The lowest BCUT2D eigenvalue weighted by atomic mass is 9.67. The molecule has 0 bridgehead atoms. The van der Waals surface area contributed by atoms with Crippen LogP contribution < -0.4 is 0 Å². The minimum absolute atomic E-state index is 0.199. The summed E-state index contributed by atoms with van der Waals surface area (Å²) in [7, 11) is 0. The normalized spacial score (nSPS) is 17.6. The fourth-order valence-electron chi connectivity index (χ4n) is 3.15. The lowest BCUT2D eigenvalue weighted by Crippen LogP contribution is -2.31. The lowest BCUT2D eigenvalue weighted by molar-refractivity contribution is -0.138. The second kappa shape index (κ2) is 5.88. The number of aliphatic carboxylic acids is 1. The van der Waals surface area contributed by atoms with E-state index in [0.29, 0.717) is 6.42 Å². The third kappa shape index (κ3) is 3.14. The molecule has 1 saturated carbocycles. The van der Waals surface area contributed by atoms with Crippen molar-refractivity contribution in [2.45, 2.75) is 50.4 Å². The van der Waals surface area contributed by atoms with Gasteiger partial charge in [0.25, 0.3) is 0 Å². The summed E-state index contributed by atoms with van der Waals surface area (Å²) in [5.74, 6) is -0.719. The number of carbonyl (C=O) groups is 1. The standard InChI is InChI=1S/C16H19NO2/c17-11-8-13-4-6-14(7-5-13)16(12-15(18)19)9-2-1-3-10-16/h4-7H,1-3,8-10,12H2,(H,18,19). The Bertz CT molecular complexity index is 478. The van der Waals surface area contributed by atoms with E-state index in [2.05, 4.69) is 6.07 Å². The van der Waals surface area contributed by atoms with Gasteiger partial charge in [-0.3, -0.25) is 4.79 Å². The summed E-state index contributed by atoms with van der Waals surface area (Å²) >= 11 is 0. The highest BCUT2D eigenvalue weighted by molar-refractivity contribution is 5.69. The number of hydrogen-bond acceptors (Lipinski definition) is 2. The summed E-state index contributed by atoms with van der Waals surface area (Å²) in [6.45, 7) is 0. The number of hydrogen-bond donors (Lipinski definition) is 1. The van der Waals surface area contributed by atoms with Crippen LogP contribution in [0.25, 0.3) is 0 Å². The van der Waals surface area contributed by atoms with Gasteiger partial charge in [-0.15, -0.1) is 0 Å². The van der Waals surface area contributed by atoms with E-state index < -0.39 is 5.97 Å². The van der Waals surface area contributed by atoms with Crippen molar-refractivity contribution in [2.75, 3.05) is 0 Å². The Hall–Kier alpha value is -1.82. The quantitative estimate of drug-likeness (QED) is 0.898. The molecular formula is C16H19NO2. The Morgan fingerprint density at radius 1 is 1.21 bits per heavy atom. The molecule has 1 aliphatic carbocycles. The number of nitriles is 1. The Morgan fingerprint density at radius 3 is 2.37 bits per heavy atom. The van der Waals surface area contributed by atoms with E-state index in [-0.39, 0.29) is 11.8 Å². The van der Waals surface area contributed by atoms with Crippen LogP contribution in [0.2, 0.25) is 0 Å². The molecule has 0 saturated heterocycles. The molecule has 0 radical (unpaired) electrons. The predicted molar refractivity (Wildman–Crippen MR) is 72.8 cm³/mol. The second-order valence-corrected chi connectivity index (χ2v) is 5.44. The first-order valence-electron chi connectivity index (χ1n) is 6.84. The first-order chi connectivity index (χ1) is 9.16. The molecule has 1 aromatic rings. The molecule has 0 spiro atoms. The number of carboxylic acid groups (broad SMARTS) is 1. The van der Waals surface area contributed by atoms with Gasteiger partial charge in [0.2, 0.25) is 0 Å². The molecule has 0 aliphatic heterocycles. The van der Waals surface area contributed by atoms with Crippen LogP contribution in [0.5, 0.6) is 0 Å². The minimum Gasteiger partial charge on any atom is -0.481 e. The monoisotopic (exact) mass is 257 g/mol. The van der Waals surface area contributed by atoms with Crippen molar-refractivity contribution in [3.8, 4) is 6.07 Å². The number of rotatable bonds is 4. The summed E-state index contributed by atoms with van der Waals surface area (Å²) in [5, 5.41) is 17.9. The average molecular weight is 257 g/mol. The second-order valence-electron chi connectivity index (χ2n) is 5.44. The van der Waals surface area contributed by atoms with E-state index in [9.17, 15) is 9.90 Å². The Balaban J connectivity index is 2.27. The molecule has 100 valence electrons. The third-order valence-corrected chi connectivity index (χ3v) is 4.15. The van der Waals surface area contributed by atoms with Crippen molar-refractivity contribution in [1.29, 1.82) is 5.26 Å². The summed E-state index contributed by atoms with van der Waals surface area (Å²) in [6.07, 6.45) is 5.94. The van der Waals surface area contributed by atoms with Crippen molar-refractivity contribution in [2.24, 2.45) is 0 Å². The fraction of sp³-hybridized carbons (Fsp3) is 0.500. The predicted octanol–water partition coefficient (Wildman–Crippen LogP) is 3.43. The number of carboxylic acids is 1. The maximum atomic E-state index is 11.2.